The first-order valence-electron chi connectivity index (χ1n) is 6.91. The van der Waals surface area contributed by atoms with Crippen LogP contribution in [-0.2, 0) is 10.0 Å². The molecule has 0 aliphatic rings. The number of sulfonamides is 1. The summed E-state index contributed by atoms with van der Waals surface area (Å²) in [5.74, 6) is -1.05. The number of aromatic carboxylic acids is 1. The summed E-state index contributed by atoms with van der Waals surface area (Å²) in [5.41, 5.74) is 0.153. The molecule has 0 radical (unpaired) electrons. The molecule has 24 heavy (non-hydrogen) atoms. The highest BCUT2D eigenvalue weighted by Crippen LogP contribution is 2.21. The van der Waals surface area contributed by atoms with Gasteiger partial charge in [0.15, 0.2) is 17.2 Å². The van der Waals surface area contributed by atoms with Crippen LogP contribution in [0.15, 0.2) is 29.3 Å². The lowest BCUT2D eigenvalue weighted by Crippen LogP contribution is -2.29. The van der Waals surface area contributed by atoms with Gasteiger partial charge in [0.05, 0.1) is 11.7 Å². The zero-order valence-electron chi connectivity index (χ0n) is 12.8. The van der Waals surface area contributed by atoms with Gasteiger partial charge in [-0.3, -0.25) is 9.50 Å². The molecule has 0 fully saturated rings. The molecule has 0 saturated heterocycles. The first kappa shape index (κ1) is 16.1. The van der Waals surface area contributed by atoms with Gasteiger partial charge in [-0.1, -0.05) is 6.07 Å². The van der Waals surface area contributed by atoms with Crippen molar-refractivity contribution in [2.75, 3.05) is 0 Å². The van der Waals surface area contributed by atoms with Crippen molar-refractivity contribution in [3.8, 4) is 0 Å². The summed E-state index contributed by atoms with van der Waals surface area (Å²) >= 11 is 0. The number of carboxylic acids is 1. The van der Waals surface area contributed by atoms with Crippen LogP contribution in [0.3, 0.4) is 0 Å². The van der Waals surface area contributed by atoms with Crippen LogP contribution in [0.1, 0.15) is 35.0 Å². The molecule has 3 aromatic rings. The normalized spacial score (nSPS) is 13.2. The Morgan fingerprint density at radius 2 is 2.12 bits per heavy atom. The van der Waals surface area contributed by atoms with E-state index in [1.807, 2.05) is 0 Å². The van der Waals surface area contributed by atoms with Crippen LogP contribution in [0.2, 0.25) is 0 Å². The number of nitrogens with zero attached hydrogens (tertiary/aromatic N) is 4. The van der Waals surface area contributed by atoms with E-state index in [1.54, 1.807) is 35.7 Å². The van der Waals surface area contributed by atoms with Crippen molar-refractivity contribution in [2.24, 2.45) is 0 Å². The second-order valence-electron chi connectivity index (χ2n) is 5.16. The first-order chi connectivity index (χ1) is 11.3. The Hall–Kier alpha value is -2.79. The fourth-order valence-corrected chi connectivity index (χ4v) is 3.92. The molecule has 3 heterocycles. The van der Waals surface area contributed by atoms with Gasteiger partial charge in [-0.25, -0.2) is 17.9 Å². The van der Waals surface area contributed by atoms with E-state index in [0.717, 1.165) is 0 Å². The van der Waals surface area contributed by atoms with Crippen LogP contribution in [0.25, 0.3) is 5.65 Å². The Morgan fingerprint density at radius 1 is 1.38 bits per heavy atom. The minimum atomic E-state index is -4.12. The standard InChI is InChI=1S/C13H14N6O4S/c1-7-11(10(13(20)21)16-14-7)24(22,23)18-8(2)12-17-15-9-5-3-4-6-19(9)12/h3-6,8,18H,1-2H3,(H,14,16)(H,20,21). The largest absolute Gasteiger partial charge is 0.476 e. The van der Waals surface area contributed by atoms with Gasteiger partial charge in [0, 0.05) is 6.20 Å². The molecule has 0 amide bonds. The predicted octanol–water partition coefficient (Wildman–Crippen LogP) is 0.499. The zero-order chi connectivity index (χ0) is 17.5. The molecule has 0 aliphatic heterocycles. The van der Waals surface area contributed by atoms with Crippen molar-refractivity contribution in [3.05, 3.63) is 41.6 Å². The van der Waals surface area contributed by atoms with Gasteiger partial charge in [-0.2, -0.15) is 5.10 Å². The minimum Gasteiger partial charge on any atom is -0.476 e. The average molecular weight is 350 g/mol. The highest BCUT2D eigenvalue weighted by atomic mass is 32.2. The number of aromatic nitrogens is 5. The van der Waals surface area contributed by atoms with Crippen molar-refractivity contribution in [2.45, 2.75) is 24.8 Å². The third-order valence-electron chi connectivity index (χ3n) is 3.42. The molecule has 1 unspecified atom stereocenters. The zero-order valence-corrected chi connectivity index (χ0v) is 13.6. The fourth-order valence-electron chi connectivity index (χ4n) is 2.39. The van der Waals surface area contributed by atoms with Crippen molar-refractivity contribution >= 4 is 21.6 Å². The van der Waals surface area contributed by atoms with E-state index >= 15 is 0 Å². The molecule has 126 valence electrons. The summed E-state index contributed by atoms with van der Waals surface area (Å²) in [4.78, 5) is 10.8. The second-order valence-corrected chi connectivity index (χ2v) is 6.81. The van der Waals surface area contributed by atoms with Crippen molar-refractivity contribution in [3.63, 3.8) is 0 Å². The molecule has 11 heteroatoms. The van der Waals surface area contributed by atoms with Crippen LogP contribution in [-0.4, -0.2) is 44.3 Å². The number of pyridine rings is 1. The van der Waals surface area contributed by atoms with Gasteiger partial charge in [0.2, 0.25) is 10.0 Å². The molecule has 0 bridgehead atoms. The van der Waals surface area contributed by atoms with Crippen LogP contribution >= 0.6 is 0 Å². The predicted molar refractivity (Wildman–Crippen MR) is 82.0 cm³/mol. The smallest absolute Gasteiger partial charge is 0.357 e. The van der Waals surface area contributed by atoms with E-state index in [1.165, 1.54) is 6.92 Å². The molecule has 10 nitrogen and oxygen atoms in total. The quantitative estimate of drug-likeness (QED) is 0.608. The Balaban J connectivity index is 1.98. The molecule has 3 N–H and O–H groups in total. The second kappa shape index (κ2) is 5.69. The molecular weight excluding hydrogens is 336 g/mol. The van der Waals surface area contributed by atoms with Crippen molar-refractivity contribution in [1.29, 1.82) is 0 Å². The fraction of sp³-hybridized carbons (Fsp3) is 0.231. The van der Waals surface area contributed by atoms with Crippen LogP contribution in [0, 0.1) is 6.92 Å². The Labute approximate surface area is 136 Å². The minimum absolute atomic E-state index is 0.137. The summed E-state index contributed by atoms with van der Waals surface area (Å²) in [6, 6.07) is 4.56. The average Bonchev–Trinajstić information content (AvgIpc) is 3.10. The topological polar surface area (TPSA) is 142 Å². The monoisotopic (exact) mass is 350 g/mol. The SMILES string of the molecule is Cc1[nH]nc(C(=O)O)c1S(=O)(=O)NC(C)c1nnc2ccccn12. The number of carboxylic acid groups (broad SMARTS) is 1. The highest BCUT2D eigenvalue weighted by Gasteiger charge is 2.30. The van der Waals surface area contributed by atoms with Gasteiger partial charge in [0.1, 0.15) is 4.90 Å². The van der Waals surface area contributed by atoms with Crippen LogP contribution in [0.4, 0.5) is 0 Å². The van der Waals surface area contributed by atoms with Crippen molar-refractivity contribution < 1.29 is 18.3 Å². The first-order valence-corrected chi connectivity index (χ1v) is 8.40. The number of nitrogens with one attached hydrogen (secondary N) is 2. The van der Waals surface area contributed by atoms with Gasteiger partial charge in [-0.05, 0) is 26.0 Å². The number of carbonyl (C=O) groups is 1. The van der Waals surface area contributed by atoms with Gasteiger partial charge < -0.3 is 5.11 Å². The Morgan fingerprint density at radius 3 is 2.83 bits per heavy atom. The maximum absolute atomic E-state index is 12.6. The number of hydrogen-bond acceptors (Lipinski definition) is 6. The van der Waals surface area contributed by atoms with Gasteiger partial charge in [-0.15, -0.1) is 10.2 Å². The van der Waals surface area contributed by atoms with Crippen molar-refractivity contribution in [1.82, 2.24) is 29.5 Å². The lowest BCUT2D eigenvalue weighted by atomic mass is 10.3. The van der Waals surface area contributed by atoms with E-state index in [2.05, 4.69) is 25.1 Å². The van der Waals surface area contributed by atoms with Gasteiger partial charge in [0.25, 0.3) is 0 Å². The molecule has 0 aromatic carbocycles. The highest BCUT2D eigenvalue weighted by molar-refractivity contribution is 7.89. The maximum atomic E-state index is 12.6. The lowest BCUT2D eigenvalue weighted by molar-refractivity contribution is 0.0686. The summed E-state index contributed by atoms with van der Waals surface area (Å²) < 4.78 is 29.2. The summed E-state index contributed by atoms with van der Waals surface area (Å²) in [6.45, 7) is 3.03. The van der Waals surface area contributed by atoms with Crippen LogP contribution in [0.5, 0.6) is 0 Å². The Bertz CT molecular complexity index is 1020. The van der Waals surface area contributed by atoms with E-state index in [9.17, 15) is 13.2 Å². The molecule has 0 aliphatic carbocycles. The number of fused-ring (bicyclic) bond motifs is 1. The number of H-pyrrole nitrogens is 1. The summed E-state index contributed by atoms with van der Waals surface area (Å²) in [6.07, 6.45) is 1.71. The lowest BCUT2D eigenvalue weighted by Gasteiger charge is -2.13. The number of rotatable bonds is 5. The molecule has 0 saturated carbocycles. The molecule has 3 rings (SSSR count). The summed E-state index contributed by atoms with van der Waals surface area (Å²) in [5, 5.41) is 23.0. The third-order valence-corrected chi connectivity index (χ3v) is 5.12. The molecular formula is C13H14N6O4S. The number of aromatic amines is 1. The molecule has 0 spiro atoms. The number of hydrogen-bond donors (Lipinski definition) is 3. The molecule has 1 atom stereocenters. The van der Waals surface area contributed by atoms with E-state index in [0.29, 0.717) is 11.5 Å². The summed E-state index contributed by atoms with van der Waals surface area (Å²) in [7, 11) is -4.12. The maximum Gasteiger partial charge on any atom is 0.357 e. The Kier molecular flexibility index (Phi) is 3.81. The molecule has 3 aromatic heterocycles. The van der Waals surface area contributed by atoms with Crippen LogP contribution < -0.4 is 4.72 Å². The van der Waals surface area contributed by atoms with E-state index < -0.39 is 32.6 Å². The third kappa shape index (κ3) is 2.63. The number of aryl methyl sites for hydroxylation is 1. The van der Waals surface area contributed by atoms with E-state index in [-0.39, 0.29) is 5.69 Å². The van der Waals surface area contributed by atoms with E-state index in [4.69, 9.17) is 5.11 Å². The van der Waals surface area contributed by atoms with Gasteiger partial charge >= 0.3 is 5.97 Å².